The number of carboxylic acid groups (broad SMARTS) is 1. The number of methoxy groups -OCH3 is 1. The van der Waals surface area contributed by atoms with Crippen molar-refractivity contribution in [3.8, 4) is 0 Å². The van der Waals surface area contributed by atoms with E-state index in [2.05, 4.69) is 26.3 Å². The number of nitrogens with zero attached hydrogens (tertiary/aromatic N) is 2. The molecule has 10 heteroatoms. The van der Waals surface area contributed by atoms with Gasteiger partial charge in [-0.2, -0.15) is 9.78 Å². The number of fused-ring (bicyclic) bond motifs is 1. The molecule has 2 aromatic carbocycles. The van der Waals surface area contributed by atoms with Crippen molar-refractivity contribution < 1.29 is 29.0 Å². The first-order valence-corrected chi connectivity index (χ1v) is 9.64. The highest BCUT2D eigenvalue weighted by molar-refractivity contribution is 9.10. The van der Waals surface area contributed by atoms with Gasteiger partial charge in [-0.25, -0.2) is 14.4 Å². The Balaban J connectivity index is 1.79. The van der Waals surface area contributed by atoms with Gasteiger partial charge in [0, 0.05) is 16.3 Å². The third-order valence-electron chi connectivity index (χ3n) is 4.29. The lowest BCUT2D eigenvalue weighted by molar-refractivity contribution is -0.143. The molecule has 0 fully saturated rings. The molecule has 9 nitrogen and oxygen atoms in total. The fraction of sp³-hybridized carbons (Fsp3) is 0.200. The Labute approximate surface area is 179 Å². The molecular weight excluding hydrogens is 458 g/mol. The van der Waals surface area contributed by atoms with Crippen LogP contribution in [0.3, 0.4) is 0 Å². The van der Waals surface area contributed by atoms with Crippen molar-refractivity contribution >= 4 is 45.0 Å². The molecule has 156 valence electrons. The van der Waals surface area contributed by atoms with Crippen LogP contribution in [0.5, 0.6) is 0 Å². The number of amides is 1. The molecule has 3 rings (SSSR count). The summed E-state index contributed by atoms with van der Waals surface area (Å²) in [7, 11) is 1.19. The molecule has 3 aromatic rings. The van der Waals surface area contributed by atoms with Crippen LogP contribution in [0, 0.1) is 0 Å². The molecule has 1 aromatic heterocycles. The highest BCUT2D eigenvalue weighted by Crippen LogP contribution is 2.24. The first kappa shape index (κ1) is 21.3. The molecular formula is C20H18BrN3O6. The topological polar surface area (TPSA) is 120 Å². The van der Waals surface area contributed by atoms with Gasteiger partial charge in [0.15, 0.2) is 0 Å². The van der Waals surface area contributed by atoms with E-state index >= 15 is 0 Å². The van der Waals surface area contributed by atoms with Crippen LogP contribution in [-0.4, -0.2) is 46.2 Å². The van der Waals surface area contributed by atoms with E-state index in [0.29, 0.717) is 21.1 Å². The van der Waals surface area contributed by atoms with E-state index in [-0.39, 0.29) is 13.0 Å². The number of aromatic nitrogens is 2. The average Bonchev–Trinajstić information content (AvgIpc) is 3.09. The number of nitrogens with one attached hydrogen (secondary N) is 1. The van der Waals surface area contributed by atoms with E-state index in [9.17, 15) is 19.5 Å². The molecule has 0 bridgehead atoms. The minimum absolute atomic E-state index is 0.0329. The number of benzene rings is 2. The van der Waals surface area contributed by atoms with Crippen molar-refractivity contribution in [2.45, 2.75) is 19.1 Å². The van der Waals surface area contributed by atoms with Crippen molar-refractivity contribution in [2.75, 3.05) is 7.11 Å². The summed E-state index contributed by atoms with van der Waals surface area (Å²) >= 11 is 3.30. The highest BCUT2D eigenvalue weighted by Gasteiger charge is 2.26. The van der Waals surface area contributed by atoms with Crippen LogP contribution in [0.2, 0.25) is 0 Å². The maximum absolute atomic E-state index is 12.2. The maximum Gasteiger partial charge on any atom is 0.432 e. The van der Waals surface area contributed by atoms with Gasteiger partial charge in [-0.3, -0.25) is 0 Å². The number of alkyl carbamates (subject to hydrolysis) is 1. The fourth-order valence-corrected chi connectivity index (χ4v) is 3.23. The van der Waals surface area contributed by atoms with Crippen molar-refractivity contribution in [2.24, 2.45) is 0 Å². The first-order chi connectivity index (χ1) is 14.4. The number of hydrogen-bond donors (Lipinski definition) is 2. The van der Waals surface area contributed by atoms with Crippen LogP contribution in [-0.2, 0) is 27.3 Å². The largest absolute Gasteiger partial charge is 0.467 e. The lowest BCUT2D eigenvalue weighted by Crippen LogP contribution is -2.43. The first-order valence-electron chi connectivity index (χ1n) is 8.84. The number of halogens is 1. The molecule has 1 amide bonds. The van der Waals surface area contributed by atoms with Gasteiger partial charge >= 0.3 is 18.2 Å². The lowest BCUT2D eigenvalue weighted by atomic mass is 10.1. The molecule has 2 N–H and O–H groups in total. The summed E-state index contributed by atoms with van der Waals surface area (Å²) in [6.45, 7) is 0.0329. The van der Waals surface area contributed by atoms with Crippen LogP contribution < -0.4 is 5.32 Å². The lowest BCUT2D eigenvalue weighted by Gasteiger charge is -2.15. The number of ether oxygens (including phenoxy) is 2. The van der Waals surface area contributed by atoms with Crippen LogP contribution in [0.1, 0.15) is 11.3 Å². The standard InChI is InChI=1S/C20H18BrN3O6/c1-29-18(25)16(22-19(26)30-11-12-5-3-2-4-6-12)10-15-14-8-7-13(21)9-17(14)24(23-15)20(27)28/h2-9,16H,10-11H2,1H3,(H,22,26)(H,27,28). The minimum Gasteiger partial charge on any atom is -0.467 e. The molecule has 0 aliphatic carbocycles. The zero-order valence-corrected chi connectivity index (χ0v) is 17.5. The molecule has 1 unspecified atom stereocenters. The van der Waals surface area contributed by atoms with E-state index in [0.717, 1.165) is 10.2 Å². The Kier molecular flexibility index (Phi) is 6.68. The van der Waals surface area contributed by atoms with E-state index in [4.69, 9.17) is 9.47 Å². The van der Waals surface area contributed by atoms with Crippen molar-refractivity contribution in [3.05, 3.63) is 64.3 Å². The van der Waals surface area contributed by atoms with Gasteiger partial charge in [0.1, 0.15) is 12.6 Å². The van der Waals surface area contributed by atoms with Gasteiger partial charge < -0.3 is 19.9 Å². The number of hydrogen-bond acceptors (Lipinski definition) is 6. The highest BCUT2D eigenvalue weighted by atomic mass is 79.9. The van der Waals surface area contributed by atoms with Crippen LogP contribution in [0.15, 0.2) is 53.0 Å². The second-order valence-electron chi connectivity index (χ2n) is 6.29. The maximum atomic E-state index is 12.2. The van der Waals surface area contributed by atoms with Crippen molar-refractivity contribution in [1.82, 2.24) is 15.1 Å². The summed E-state index contributed by atoms with van der Waals surface area (Å²) in [5, 5.41) is 16.5. The summed E-state index contributed by atoms with van der Waals surface area (Å²) < 4.78 is 11.4. The minimum atomic E-state index is -1.27. The predicted octanol–water partition coefficient (Wildman–Crippen LogP) is 3.34. The Morgan fingerprint density at radius 2 is 1.93 bits per heavy atom. The summed E-state index contributed by atoms with van der Waals surface area (Å²) in [6.07, 6.45) is -2.15. The van der Waals surface area contributed by atoms with Crippen LogP contribution >= 0.6 is 15.9 Å². The van der Waals surface area contributed by atoms with Gasteiger partial charge in [0.2, 0.25) is 0 Å². The number of rotatable bonds is 6. The molecule has 0 aliphatic heterocycles. The summed E-state index contributed by atoms with van der Waals surface area (Å²) in [5.74, 6) is -0.707. The van der Waals surface area contributed by atoms with Gasteiger partial charge in [-0.05, 0) is 23.8 Å². The predicted molar refractivity (Wildman–Crippen MR) is 110 cm³/mol. The molecule has 0 saturated heterocycles. The fourth-order valence-electron chi connectivity index (χ4n) is 2.89. The number of carbonyl (C=O) groups excluding carboxylic acids is 2. The average molecular weight is 476 g/mol. The van der Waals surface area contributed by atoms with E-state index in [1.165, 1.54) is 7.11 Å². The van der Waals surface area contributed by atoms with Gasteiger partial charge in [-0.15, -0.1) is 0 Å². The third kappa shape index (κ3) is 4.95. The van der Waals surface area contributed by atoms with Crippen molar-refractivity contribution in [3.63, 3.8) is 0 Å². The van der Waals surface area contributed by atoms with E-state index in [1.54, 1.807) is 30.3 Å². The summed E-state index contributed by atoms with van der Waals surface area (Å²) in [6, 6.07) is 13.0. The van der Waals surface area contributed by atoms with E-state index in [1.807, 2.05) is 18.2 Å². The zero-order valence-electron chi connectivity index (χ0n) is 15.9. The summed E-state index contributed by atoms with van der Waals surface area (Å²) in [4.78, 5) is 35.9. The number of esters is 1. The second-order valence-corrected chi connectivity index (χ2v) is 7.20. The Hall–Kier alpha value is -3.40. The molecule has 30 heavy (non-hydrogen) atoms. The number of carbonyl (C=O) groups is 3. The Morgan fingerprint density at radius 3 is 2.60 bits per heavy atom. The SMILES string of the molecule is COC(=O)C(Cc1nn(C(=O)O)c2cc(Br)ccc12)NC(=O)OCc1ccccc1. The molecule has 0 saturated carbocycles. The normalized spacial score (nSPS) is 11.7. The van der Waals surface area contributed by atoms with Gasteiger partial charge in [0.25, 0.3) is 0 Å². The van der Waals surface area contributed by atoms with E-state index < -0.39 is 24.2 Å². The zero-order chi connectivity index (χ0) is 21.7. The smallest absolute Gasteiger partial charge is 0.432 e. The summed E-state index contributed by atoms with van der Waals surface area (Å²) in [5.41, 5.74) is 1.46. The Morgan fingerprint density at radius 1 is 1.20 bits per heavy atom. The molecule has 1 atom stereocenters. The van der Waals surface area contributed by atoms with Crippen molar-refractivity contribution in [1.29, 1.82) is 0 Å². The molecule has 0 radical (unpaired) electrons. The molecule has 0 spiro atoms. The Bertz CT molecular complexity index is 1080. The monoisotopic (exact) mass is 475 g/mol. The molecule has 0 aliphatic rings. The van der Waals surface area contributed by atoms with Gasteiger partial charge in [0.05, 0.1) is 18.3 Å². The van der Waals surface area contributed by atoms with Gasteiger partial charge in [-0.1, -0.05) is 46.3 Å². The second kappa shape index (κ2) is 9.40. The van der Waals surface area contributed by atoms with Crippen LogP contribution in [0.4, 0.5) is 9.59 Å². The van der Waals surface area contributed by atoms with Crippen LogP contribution in [0.25, 0.3) is 10.9 Å². The molecule has 1 heterocycles. The quantitative estimate of drug-likeness (QED) is 0.524. The third-order valence-corrected chi connectivity index (χ3v) is 4.78.